The predicted octanol–water partition coefficient (Wildman–Crippen LogP) is 4.10. The minimum atomic E-state index is -0.632. The lowest BCUT2D eigenvalue weighted by atomic mass is 9.96. The molecule has 0 atom stereocenters. The third-order valence-electron chi connectivity index (χ3n) is 5.27. The topological polar surface area (TPSA) is 41.6 Å². The molecule has 1 aliphatic heterocycles. The van der Waals surface area contributed by atoms with E-state index in [1.807, 2.05) is 0 Å². The molecule has 6 heteroatoms. The molecule has 1 N–H and O–H groups in total. The van der Waals surface area contributed by atoms with Crippen molar-refractivity contribution in [1.29, 1.82) is 0 Å². The number of benzene rings is 2. The van der Waals surface area contributed by atoms with Crippen molar-refractivity contribution in [1.82, 2.24) is 10.2 Å². The number of hydrogen-bond acceptors (Lipinski definition) is 3. The molecule has 0 aliphatic carbocycles. The van der Waals surface area contributed by atoms with E-state index in [1.54, 1.807) is 23.1 Å². The fourth-order valence-electron chi connectivity index (χ4n) is 3.57. The summed E-state index contributed by atoms with van der Waals surface area (Å²) in [6, 6.07) is 8.66. The van der Waals surface area contributed by atoms with Crippen LogP contribution in [-0.4, -0.2) is 44.1 Å². The summed E-state index contributed by atoms with van der Waals surface area (Å²) in [5, 5.41) is 3.33. The molecule has 1 amide bonds. The number of carbonyl (C=O) groups is 1. The molecule has 0 saturated carbocycles. The lowest BCUT2D eigenvalue weighted by Gasteiger charge is -2.32. The molecule has 28 heavy (non-hydrogen) atoms. The van der Waals surface area contributed by atoms with Gasteiger partial charge in [-0.2, -0.15) is 0 Å². The standard InChI is InChI=1S/C22H26F2N2O2/c1-3-25-14-15-8-10-26(11-9-15)22(27)19-6-4-16(12-20(19)23)18-7-5-17(28-2)13-21(18)24/h4-7,12-13,15,25H,3,8-11,14H2,1-2H3. The second-order valence-electron chi connectivity index (χ2n) is 7.08. The van der Waals surface area contributed by atoms with Gasteiger partial charge >= 0.3 is 0 Å². The SMILES string of the molecule is CCNCC1CCN(C(=O)c2ccc(-c3ccc(OC)cc3F)cc2F)CC1. The van der Waals surface area contributed by atoms with Gasteiger partial charge in [0, 0.05) is 24.7 Å². The fourth-order valence-corrected chi connectivity index (χ4v) is 3.57. The van der Waals surface area contributed by atoms with Crippen LogP contribution in [0.15, 0.2) is 36.4 Å². The van der Waals surface area contributed by atoms with Gasteiger partial charge in [0.15, 0.2) is 0 Å². The molecule has 1 heterocycles. The van der Waals surface area contributed by atoms with Gasteiger partial charge in [0.1, 0.15) is 17.4 Å². The predicted molar refractivity (Wildman–Crippen MR) is 106 cm³/mol. The summed E-state index contributed by atoms with van der Waals surface area (Å²) in [7, 11) is 1.46. The van der Waals surface area contributed by atoms with E-state index >= 15 is 0 Å². The van der Waals surface area contributed by atoms with Crippen LogP contribution in [0.5, 0.6) is 5.75 Å². The highest BCUT2D eigenvalue weighted by atomic mass is 19.1. The summed E-state index contributed by atoms with van der Waals surface area (Å²) in [6.45, 7) is 5.22. The van der Waals surface area contributed by atoms with Crippen molar-refractivity contribution in [3.05, 3.63) is 53.6 Å². The molecule has 1 saturated heterocycles. The van der Waals surface area contributed by atoms with Crippen molar-refractivity contribution < 1.29 is 18.3 Å². The van der Waals surface area contributed by atoms with E-state index < -0.39 is 11.6 Å². The molecule has 0 unspecified atom stereocenters. The van der Waals surface area contributed by atoms with Gasteiger partial charge < -0.3 is 15.0 Å². The number of likely N-dealkylation sites (tertiary alicyclic amines) is 1. The highest BCUT2D eigenvalue weighted by Crippen LogP contribution is 2.28. The molecule has 150 valence electrons. The first-order chi connectivity index (χ1) is 13.5. The molecule has 3 rings (SSSR count). The van der Waals surface area contributed by atoms with Gasteiger partial charge in [-0.3, -0.25) is 4.79 Å². The number of ether oxygens (including phenoxy) is 1. The minimum absolute atomic E-state index is 0.0304. The minimum Gasteiger partial charge on any atom is -0.497 e. The lowest BCUT2D eigenvalue weighted by molar-refractivity contribution is 0.0685. The van der Waals surface area contributed by atoms with Crippen LogP contribution in [0.25, 0.3) is 11.1 Å². The molecule has 0 bridgehead atoms. The number of methoxy groups -OCH3 is 1. The molecule has 4 nitrogen and oxygen atoms in total. The number of nitrogens with one attached hydrogen (secondary N) is 1. The zero-order valence-electron chi connectivity index (χ0n) is 16.3. The van der Waals surface area contributed by atoms with Crippen LogP contribution in [0.4, 0.5) is 8.78 Å². The van der Waals surface area contributed by atoms with Gasteiger partial charge in [-0.05, 0) is 61.7 Å². The average molecular weight is 388 g/mol. The van der Waals surface area contributed by atoms with Crippen LogP contribution in [-0.2, 0) is 0 Å². The summed E-state index contributed by atoms with van der Waals surface area (Å²) in [5.74, 6) is -0.491. The maximum Gasteiger partial charge on any atom is 0.256 e. The summed E-state index contributed by atoms with van der Waals surface area (Å²) in [5.41, 5.74) is 0.685. The van der Waals surface area contributed by atoms with Crippen LogP contribution in [0, 0.1) is 17.6 Å². The van der Waals surface area contributed by atoms with Crippen molar-refractivity contribution in [2.75, 3.05) is 33.3 Å². The third-order valence-corrected chi connectivity index (χ3v) is 5.27. The molecule has 2 aromatic carbocycles. The van der Waals surface area contributed by atoms with E-state index in [2.05, 4.69) is 12.2 Å². The van der Waals surface area contributed by atoms with Crippen molar-refractivity contribution in [2.45, 2.75) is 19.8 Å². The molecule has 0 aromatic heterocycles. The van der Waals surface area contributed by atoms with Crippen molar-refractivity contribution >= 4 is 5.91 Å². The maximum atomic E-state index is 14.7. The molecule has 1 aliphatic rings. The second-order valence-corrected chi connectivity index (χ2v) is 7.08. The Balaban J connectivity index is 1.71. The van der Waals surface area contributed by atoms with Gasteiger partial charge in [-0.25, -0.2) is 8.78 Å². The Labute approximate surface area is 164 Å². The molecule has 0 spiro atoms. The average Bonchev–Trinajstić information content (AvgIpc) is 2.72. The Hall–Kier alpha value is -2.47. The first kappa shape index (κ1) is 20.3. The number of piperidine rings is 1. The molecule has 1 fully saturated rings. The van der Waals surface area contributed by atoms with Crippen molar-refractivity contribution in [3.8, 4) is 16.9 Å². The Kier molecular flexibility index (Phi) is 6.62. The van der Waals surface area contributed by atoms with E-state index in [4.69, 9.17) is 4.74 Å². The lowest BCUT2D eigenvalue weighted by Crippen LogP contribution is -2.41. The van der Waals surface area contributed by atoms with Crippen LogP contribution >= 0.6 is 0 Å². The molecular formula is C22H26F2N2O2. The van der Waals surface area contributed by atoms with E-state index in [1.165, 1.54) is 25.3 Å². The number of rotatable bonds is 6. The number of halogens is 2. The van der Waals surface area contributed by atoms with E-state index in [-0.39, 0.29) is 17.0 Å². The number of carbonyl (C=O) groups excluding carboxylic acids is 1. The van der Waals surface area contributed by atoms with Crippen LogP contribution in [0.1, 0.15) is 30.1 Å². The molecule has 0 radical (unpaired) electrons. The largest absolute Gasteiger partial charge is 0.497 e. The van der Waals surface area contributed by atoms with E-state index in [0.29, 0.717) is 30.3 Å². The van der Waals surface area contributed by atoms with Crippen LogP contribution < -0.4 is 10.1 Å². The summed E-state index contributed by atoms with van der Waals surface area (Å²) in [6.07, 6.45) is 1.82. The smallest absolute Gasteiger partial charge is 0.256 e. The zero-order chi connectivity index (χ0) is 20.1. The van der Waals surface area contributed by atoms with E-state index in [0.717, 1.165) is 25.9 Å². The van der Waals surface area contributed by atoms with Crippen LogP contribution in [0.3, 0.4) is 0 Å². The number of amides is 1. The van der Waals surface area contributed by atoms with Crippen molar-refractivity contribution in [2.24, 2.45) is 5.92 Å². The van der Waals surface area contributed by atoms with Gasteiger partial charge in [0.2, 0.25) is 0 Å². The van der Waals surface area contributed by atoms with Gasteiger partial charge in [-0.15, -0.1) is 0 Å². The fraction of sp³-hybridized carbons (Fsp3) is 0.409. The Morgan fingerprint density at radius 3 is 2.50 bits per heavy atom. The van der Waals surface area contributed by atoms with E-state index in [9.17, 15) is 13.6 Å². The normalized spacial score (nSPS) is 14.9. The Morgan fingerprint density at radius 2 is 1.89 bits per heavy atom. The summed E-state index contributed by atoms with van der Waals surface area (Å²) < 4.78 is 33.9. The third kappa shape index (κ3) is 4.50. The van der Waals surface area contributed by atoms with Gasteiger partial charge in [0.25, 0.3) is 5.91 Å². The Bertz CT molecular complexity index is 833. The monoisotopic (exact) mass is 388 g/mol. The number of hydrogen-bond donors (Lipinski definition) is 1. The highest BCUT2D eigenvalue weighted by Gasteiger charge is 2.25. The van der Waals surface area contributed by atoms with Crippen molar-refractivity contribution in [3.63, 3.8) is 0 Å². The second kappa shape index (κ2) is 9.15. The Morgan fingerprint density at radius 1 is 1.14 bits per heavy atom. The first-order valence-electron chi connectivity index (χ1n) is 9.67. The van der Waals surface area contributed by atoms with Gasteiger partial charge in [-0.1, -0.05) is 13.0 Å². The molecular weight excluding hydrogens is 362 g/mol. The summed E-state index contributed by atoms with van der Waals surface area (Å²) in [4.78, 5) is 14.4. The highest BCUT2D eigenvalue weighted by molar-refractivity contribution is 5.95. The quantitative estimate of drug-likeness (QED) is 0.810. The zero-order valence-corrected chi connectivity index (χ0v) is 16.3. The first-order valence-corrected chi connectivity index (χ1v) is 9.67. The molecule has 2 aromatic rings. The maximum absolute atomic E-state index is 14.7. The van der Waals surface area contributed by atoms with Gasteiger partial charge in [0.05, 0.1) is 12.7 Å². The summed E-state index contributed by atoms with van der Waals surface area (Å²) >= 11 is 0. The van der Waals surface area contributed by atoms with Crippen LogP contribution in [0.2, 0.25) is 0 Å². The number of nitrogens with zero attached hydrogens (tertiary/aromatic N) is 1.